The van der Waals surface area contributed by atoms with Crippen molar-refractivity contribution in [2.75, 3.05) is 20.1 Å². The molecular weight excluding hydrogens is 402 g/mol. The molecule has 0 spiro atoms. The summed E-state index contributed by atoms with van der Waals surface area (Å²) in [6.45, 7) is 7.19. The van der Waals surface area contributed by atoms with Crippen molar-refractivity contribution in [2.45, 2.75) is 57.6 Å². The molecule has 0 bridgehead atoms. The number of hydrogen-bond acceptors (Lipinski definition) is 6. The van der Waals surface area contributed by atoms with Gasteiger partial charge in [0.25, 0.3) is 0 Å². The predicted octanol–water partition coefficient (Wildman–Crippen LogP) is 3.16. The molecule has 9 heteroatoms. The first-order chi connectivity index (χ1) is 14.4. The van der Waals surface area contributed by atoms with Gasteiger partial charge in [0.2, 0.25) is 10.0 Å². The molecule has 0 saturated carbocycles. The zero-order valence-electron chi connectivity index (χ0n) is 17.8. The van der Waals surface area contributed by atoms with E-state index >= 15 is 0 Å². The van der Waals surface area contributed by atoms with E-state index in [2.05, 4.69) is 21.5 Å². The summed E-state index contributed by atoms with van der Waals surface area (Å²) < 4.78 is 35.0. The normalized spacial score (nSPS) is 16.0. The van der Waals surface area contributed by atoms with Gasteiger partial charge >= 0.3 is 0 Å². The Balaban J connectivity index is 1.60. The van der Waals surface area contributed by atoms with Crippen LogP contribution in [0.1, 0.15) is 43.5 Å². The first-order valence-electron chi connectivity index (χ1n) is 10.5. The molecule has 30 heavy (non-hydrogen) atoms. The lowest BCUT2D eigenvalue weighted by Crippen LogP contribution is -2.35. The van der Waals surface area contributed by atoms with Gasteiger partial charge in [-0.15, -0.1) is 0 Å². The molecule has 1 aliphatic rings. The van der Waals surface area contributed by atoms with Crippen LogP contribution in [0.15, 0.2) is 33.7 Å². The largest absolute Gasteiger partial charge is 0.361 e. The average molecular weight is 432 g/mol. The van der Waals surface area contributed by atoms with Gasteiger partial charge < -0.3 is 9.09 Å². The van der Waals surface area contributed by atoms with Crippen LogP contribution in [0.5, 0.6) is 0 Å². The second kappa shape index (κ2) is 8.49. The highest BCUT2D eigenvalue weighted by Gasteiger charge is 2.26. The van der Waals surface area contributed by atoms with Gasteiger partial charge in [-0.05, 0) is 51.9 Å². The Hall–Kier alpha value is -2.23. The number of aryl methyl sites for hydroxylation is 2. The number of sulfonamides is 1. The maximum absolute atomic E-state index is 13.0. The van der Waals surface area contributed by atoms with Crippen molar-refractivity contribution in [3.63, 3.8) is 0 Å². The summed E-state index contributed by atoms with van der Waals surface area (Å²) in [6.07, 6.45) is 2.94. The number of piperidine rings is 1. The van der Waals surface area contributed by atoms with Crippen LogP contribution < -0.4 is 0 Å². The first-order valence-corrected chi connectivity index (χ1v) is 11.9. The van der Waals surface area contributed by atoms with E-state index < -0.39 is 10.0 Å². The maximum Gasteiger partial charge on any atom is 0.243 e. The van der Waals surface area contributed by atoms with E-state index in [0.717, 1.165) is 54.1 Å². The van der Waals surface area contributed by atoms with Crippen molar-refractivity contribution < 1.29 is 12.9 Å². The van der Waals surface area contributed by atoms with E-state index in [1.807, 2.05) is 26.1 Å². The van der Waals surface area contributed by atoms with E-state index in [9.17, 15) is 8.42 Å². The molecule has 8 nitrogen and oxygen atoms in total. The lowest BCUT2D eigenvalue weighted by Gasteiger charge is -2.25. The van der Waals surface area contributed by atoms with Gasteiger partial charge in [0, 0.05) is 32.2 Å². The Morgan fingerprint density at radius 1 is 1.13 bits per heavy atom. The second-order valence-electron chi connectivity index (χ2n) is 7.99. The molecule has 0 aliphatic carbocycles. The van der Waals surface area contributed by atoms with Gasteiger partial charge in [-0.2, -0.15) is 4.31 Å². The van der Waals surface area contributed by atoms with E-state index in [-0.39, 0.29) is 0 Å². The average Bonchev–Trinajstić information content (AvgIpc) is 3.29. The third-order valence-electron chi connectivity index (χ3n) is 5.59. The molecule has 1 aliphatic heterocycles. The van der Waals surface area contributed by atoms with Crippen molar-refractivity contribution >= 4 is 21.1 Å². The summed E-state index contributed by atoms with van der Waals surface area (Å²) in [5.74, 6) is 1.70. The lowest BCUT2D eigenvalue weighted by molar-refractivity contribution is 0.291. The number of aromatic nitrogens is 3. The molecule has 1 fully saturated rings. The number of fused-ring (bicyclic) bond motifs is 1. The van der Waals surface area contributed by atoms with Crippen LogP contribution in [0.2, 0.25) is 0 Å². The van der Waals surface area contributed by atoms with Crippen LogP contribution in [-0.2, 0) is 29.7 Å². The molecule has 3 aromatic rings. The fraction of sp³-hybridized carbons (Fsp3) is 0.524. The quantitative estimate of drug-likeness (QED) is 0.571. The minimum absolute atomic E-state index is 0.329. The third-order valence-corrected chi connectivity index (χ3v) is 7.48. The van der Waals surface area contributed by atoms with Crippen molar-refractivity contribution in [1.29, 1.82) is 0 Å². The van der Waals surface area contributed by atoms with E-state index in [0.29, 0.717) is 31.1 Å². The number of imidazole rings is 1. The predicted molar refractivity (Wildman–Crippen MR) is 114 cm³/mol. The Bertz CT molecular complexity index is 1130. The smallest absolute Gasteiger partial charge is 0.243 e. The number of nitrogens with zero attached hydrogens (tertiary/aromatic N) is 5. The van der Waals surface area contributed by atoms with Crippen molar-refractivity contribution in [3.8, 4) is 0 Å². The van der Waals surface area contributed by atoms with Crippen LogP contribution in [0.3, 0.4) is 0 Å². The van der Waals surface area contributed by atoms with Crippen molar-refractivity contribution in [3.05, 3.63) is 41.5 Å². The molecule has 0 amide bonds. The van der Waals surface area contributed by atoms with Crippen LogP contribution in [0, 0.1) is 6.92 Å². The molecule has 0 unspecified atom stereocenters. The fourth-order valence-electron chi connectivity index (χ4n) is 4.11. The molecular formula is C21H29N5O3S. The van der Waals surface area contributed by atoms with Crippen molar-refractivity contribution in [1.82, 2.24) is 23.9 Å². The highest BCUT2D eigenvalue weighted by Crippen LogP contribution is 2.25. The van der Waals surface area contributed by atoms with Gasteiger partial charge in [0.15, 0.2) is 0 Å². The van der Waals surface area contributed by atoms with Gasteiger partial charge in [-0.1, -0.05) is 11.6 Å². The molecule has 0 radical (unpaired) electrons. The monoisotopic (exact) mass is 431 g/mol. The Kier molecular flexibility index (Phi) is 5.95. The molecule has 2 aromatic heterocycles. The zero-order chi connectivity index (χ0) is 21.3. The van der Waals surface area contributed by atoms with Gasteiger partial charge in [0.05, 0.1) is 28.2 Å². The summed E-state index contributed by atoms with van der Waals surface area (Å²) in [4.78, 5) is 7.23. The summed E-state index contributed by atoms with van der Waals surface area (Å²) in [5.41, 5.74) is 2.55. The van der Waals surface area contributed by atoms with Crippen LogP contribution >= 0.6 is 0 Å². The molecule has 1 aromatic carbocycles. The summed E-state index contributed by atoms with van der Waals surface area (Å²) >= 11 is 0. The fourth-order valence-corrected chi connectivity index (χ4v) is 5.65. The highest BCUT2D eigenvalue weighted by molar-refractivity contribution is 7.89. The highest BCUT2D eigenvalue weighted by atomic mass is 32.2. The number of hydrogen-bond donors (Lipinski definition) is 0. The minimum Gasteiger partial charge on any atom is -0.361 e. The number of benzene rings is 1. The van der Waals surface area contributed by atoms with E-state index in [1.165, 1.54) is 0 Å². The molecule has 162 valence electrons. The zero-order valence-corrected chi connectivity index (χ0v) is 18.7. The Morgan fingerprint density at radius 3 is 2.57 bits per heavy atom. The summed E-state index contributed by atoms with van der Waals surface area (Å²) in [5, 5.41) is 4.05. The molecule has 0 atom stereocenters. The Morgan fingerprint density at radius 2 is 1.90 bits per heavy atom. The SMILES string of the molecule is CCn1c(CN(C)Cc2cc(C)on2)nc2cc(S(=O)(=O)N3CCCCC3)ccc21. The third kappa shape index (κ3) is 4.14. The standard InChI is InChI=1S/C21H29N5O3S/c1-4-26-20-9-8-18(30(27,28)25-10-6-5-7-11-25)13-19(20)22-21(26)15-24(3)14-17-12-16(2)29-23-17/h8-9,12-13H,4-7,10-11,14-15H2,1-3H3. The maximum atomic E-state index is 13.0. The van der Waals surface area contributed by atoms with Gasteiger partial charge in [-0.3, -0.25) is 4.90 Å². The van der Waals surface area contributed by atoms with Gasteiger partial charge in [-0.25, -0.2) is 13.4 Å². The summed E-state index contributed by atoms with van der Waals surface area (Å²) in [6, 6.07) is 7.24. The van der Waals surface area contributed by atoms with E-state index in [1.54, 1.807) is 16.4 Å². The molecule has 1 saturated heterocycles. The van der Waals surface area contributed by atoms with Crippen LogP contribution in [0.4, 0.5) is 0 Å². The Labute approximate surface area is 177 Å². The number of rotatable bonds is 7. The molecule has 3 heterocycles. The van der Waals surface area contributed by atoms with Crippen LogP contribution in [-0.4, -0.2) is 52.5 Å². The minimum atomic E-state index is -3.47. The summed E-state index contributed by atoms with van der Waals surface area (Å²) in [7, 11) is -1.46. The topological polar surface area (TPSA) is 84.5 Å². The van der Waals surface area contributed by atoms with Gasteiger partial charge in [0.1, 0.15) is 11.6 Å². The molecule has 4 rings (SSSR count). The molecule has 0 N–H and O–H groups in total. The van der Waals surface area contributed by atoms with E-state index in [4.69, 9.17) is 9.51 Å². The van der Waals surface area contributed by atoms with Crippen molar-refractivity contribution in [2.24, 2.45) is 0 Å². The first kappa shape index (κ1) is 21.0. The van der Waals surface area contributed by atoms with Crippen LogP contribution in [0.25, 0.3) is 11.0 Å². The lowest BCUT2D eigenvalue weighted by atomic mass is 10.2. The second-order valence-corrected chi connectivity index (χ2v) is 9.93.